The van der Waals surface area contributed by atoms with Gasteiger partial charge in [-0.05, 0) is 47.9 Å². The van der Waals surface area contributed by atoms with Crippen LogP contribution in [0.25, 0.3) is 0 Å². The molecule has 0 unspecified atom stereocenters. The van der Waals surface area contributed by atoms with Crippen LogP contribution in [0.4, 0.5) is 5.69 Å². The van der Waals surface area contributed by atoms with Gasteiger partial charge in [-0.3, -0.25) is 4.79 Å². The molecule has 0 bridgehead atoms. The molecule has 1 amide bonds. The van der Waals surface area contributed by atoms with E-state index in [0.29, 0.717) is 10.0 Å². The van der Waals surface area contributed by atoms with Gasteiger partial charge >= 0.3 is 0 Å². The monoisotopic (exact) mass is 303 g/mol. The molecule has 1 heterocycles. The second kappa shape index (κ2) is 4.00. The van der Waals surface area contributed by atoms with Crippen LogP contribution in [0.1, 0.15) is 23.5 Å². The van der Waals surface area contributed by atoms with Crippen molar-refractivity contribution >= 4 is 34.8 Å². The highest BCUT2D eigenvalue weighted by Gasteiger charge is 2.65. The van der Waals surface area contributed by atoms with Gasteiger partial charge in [0.15, 0.2) is 0 Å². The molecule has 2 nitrogen and oxygen atoms in total. The summed E-state index contributed by atoms with van der Waals surface area (Å²) in [5, 5.41) is 4.34. The Morgan fingerprint density at radius 2 is 1.75 bits per heavy atom. The van der Waals surface area contributed by atoms with E-state index < -0.39 is 5.41 Å². The number of amides is 1. The van der Waals surface area contributed by atoms with Crippen LogP contribution >= 0.6 is 23.2 Å². The summed E-state index contributed by atoms with van der Waals surface area (Å²) in [6.45, 7) is 0. The summed E-state index contributed by atoms with van der Waals surface area (Å²) in [4.78, 5) is 12.4. The number of carbonyl (C=O) groups excluding carboxylic acids is 1. The highest BCUT2D eigenvalue weighted by Crippen LogP contribution is 2.65. The Kier molecular flexibility index (Phi) is 2.45. The minimum atomic E-state index is -0.436. The quantitative estimate of drug-likeness (QED) is 0.832. The summed E-state index contributed by atoms with van der Waals surface area (Å²) in [6, 6.07) is 13.3. The first-order valence-corrected chi connectivity index (χ1v) is 7.24. The first kappa shape index (κ1) is 12.2. The number of halogens is 2. The van der Waals surface area contributed by atoms with Crippen molar-refractivity contribution < 1.29 is 4.79 Å². The molecule has 1 saturated carbocycles. The van der Waals surface area contributed by atoms with Gasteiger partial charge in [-0.25, -0.2) is 0 Å². The molecule has 100 valence electrons. The van der Waals surface area contributed by atoms with Crippen LogP contribution in [0.3, 0.4) is 0 Å². The van der Waals surface area contributed by atoms with Crippen molar-refractivity contribution in [1.29, 1.82) is 0 Å². The van der Waals surface area contributed by atoms with Crippen molar-refractivity contribution in [3.63, 3.8) is 0 Å². The Morgan fingerprint density at radius 1 is 1.05 bits per heavy atom. The van der Waals surface area contributed by atoms with Crippen molar-refractivity contribution in [1.82, 2.24) is 0 Å². The molecular weight excluding hydrogens is 293 g/mol. The maximum absolute atomic E-state index is 12.4. The van der Waals surface area contributed by atoms with Crippen molar-refractivity contribution in [3.8, 4) is 0 Å². The molecule has 2 aliphatic rings. The normalized spacial score (nSPS) is 26.5. The van der Waals surface area contributed by atoms with E-state index >= 15 is 0 Å². The van der Waals surface area contributed by atoms with E-state index in [2.05, 4.69) is 5.32 Å². The van der Waals surface area contributed by atoms with Crippen molar-refractivity contribution in [2.45, 2.75) is 17.8 Å². The Bertz CT molecular complexity index is 726. The van der Waals surface area contributed by atoms with Crippen LogP contribution in [-0.2, 0) is 10.2 Å². The van der Waals surface area contributed by atoms with Crippen molar-refractivity contribution in [3.05, 3.63) is 63.6 Å². The summed E-state index contributed by atoms with van der Waals surface area (Å²) in [6.07, 6.45) is 0.827. The van der Waals surface area contributed by atoms with Crippen LogP contribution in [0.2, 0.25) is 10.0 Å². The largest absolute Gasteiger partial charge is 0.325 e. The average molecular weight is 304 g/mol. The fourth-order valence-electron chi connectivity index (χ4n) is 3.26. The Morgan fingerprint density at radius 3 is 2.50 bits per heavy atom. The van der Waals surface area contributed by atoms with E-state index in [1.807, 2.05) is 36.4 Å². The number of hydrogen-bond acceptors (Lipinski definition) is 1. The molecule has 2 aromatic carbocycles. The molecule has 1 aliphatic heterocycles. The lowest BCUT2D eigenvalue weighted by molar-refractivity contribution is -0.118. The predicted molar refractivity (Wildman–Crippen MR) is 80.6 cm³/mol. The molecule has 1 N–H and O–H groups in total. The van der Waals surface area contributed by atoms with Gasteiger partial charge in [0, 0.05) is 21.7 Å². The van der Waals surface area contributed by atoms with Crippen LogP contribution in [-0.4, -0.2) is 5.91 Å². The van der Waals surface area contributed by atoms with Crippen LogP contribution < -0.4 is 5.32 Å². The zero-order valence-electron chi connectivity index (χ0n) is 10.5. The zero-order valence-corrected chi connectivity index (χ0v) is 12.0. The van der Waals surface area contributed by atoms with E-state index in [1.54, 1.807) is 6.07 Å². The zero-order chi connectivity index (χ0) is 13.9. The number of hydrogen-bond donors (Lipinski definition) is 1. The van der Waals surface area contributed by atoms with Gasteiger partial charge in [0.2, 0.25) is 5.91 Å². The van der Waals surface area contributed by atoms with E-state index in [-0.39, 0.29) is 11.8 Å². The molecule has 0 radical (unpaired) electrons. The molecule has 4 rings (SSSR count). The molecule has 4 heteroatoms. The van der Waals surface area contributed by atoms with Crippen molar-refractivity contribution in [2.24, 2.45) is 0 Å². The fraction of sp³-hybridized carbons (Fsp3) is 0.188. The van der Waals surface area contributed by atoms with Gasteiger partial charge in [-0.1, -0.05) is 35.3 Å². The lowest BCUT2D eigenvalue weighted by Gasteiger charge is -2.09. The third kappa shape index (κ3) is 1.55. The molecule has 0 saturated heterocycles. The van der Waals surface area contributed by atoms with Gasteiger partial charge in [0.1, 0.15) is 0 Å². The Balaban J connectivity index is 1.79. The van der Waals surface area contributed by atoms with Crippen LogP contribution in [0, 0.1) is 0 Å². The number of carbonyl (C=O) groups is 1. The minimum absolute atomic E-state index is 0.0784. The summed E-state index contributed by atoms with van der Waals surface area (Å²) in [5.74, 6) is 0.286. The second-order valence-corrected chi connectivity index (χ2v) is 6.30. The first-order chi connectivity index (χ1) is 9.61. The van der Waals surface area contributed by atoms with Gasteiger partial charge in [0.25, 0.3) is 0 Å². The number of anilines is 1. The highest BCUT2D eigenvalue weighted by atomic mass is 35.5. The average Bonchev–Trinajstić information content (AvgIpc) is 3.12. The van der Waals surface area contributed by atoms with Gasteiger partial charge in [-0.15, -0.1) is 0 Å². The molecule has 20 heavy (non-hydrogen) atoms. The van der Waals surface area contributed by atoms with Crippen LogP contribution in [0.15, 0.2) is 42.5 Å². The lowest BCUT2D eigenvalue weighted by Crippen LogP contribution is -2.20. The molecule has 2 aromatic rings. The topological polar surface area (TPSA) is 29.1 Å². The predicted octanol–water partition coefficient (Wildman–Crippen LogP) is 4.37. The molecule has 0 aromatic heterocycles. The standard InChI is InChI=1S/C16H11Cl2NO/c17-10-3-1-9(2-4-10)13-8-16(13)12-7-11(18)5-6-14(12)19-15(16)20/h1-7,13H,8H2,(H,19,20)/t13-,16-/m1/s1. The molecule has 2 atom stereocenters. The maximum Gasteiger partial charge on any atom is 0.235 e. The van der Waals surface area contributed by atoms with Crippen LogP contribution in [0.5, 0.6) is 0 Å². The first-order valence-electron chi connectivity index (χ1n) is 6.48. The number of fused-ring (bicyclic) bond motifs is 2. The minimum Gasteiger partial charge on any atom is -0.325 e. The summed E-state index contributed by atoms with van der Waals surface area (Å²) < 4.78 is 0. The molecular formula is C16H11Cl2NO. The van der Waals surface area contributed by atoms with E-state index in [1.165, 1.54) is 0 Å². The lowest BCUT2D eigenvalue weighted by atomic mass is 9.92. The third-order valence-corrected chi connectivity index (χ3v) is 4.84. The highest BCUT2D eigenvalue weighted by molar-refractivity contribution is 6.31. The number of nitrogens with one attached hydrogen (secondary N) is 1. The fourth-order valence-corrected chi connectivity index (χ4v) is 3.56. The maximum atomic E-state index is 12.4. The van der Waals surface area contributed by atoms with Gasteiger partial charge < -0.3 is 5.32 Å². The summed E-state index contributed by atoms with van der Waals surface area (Å²) >= 11 is 12.0. The Hall–Kier alpha value is -1.51. The number of rotatable bonds is 1. The number of benzene rings is 2. The molecule has 1 spiro atoms. The summed E-state index contributed by atoms with van der Waals surface area (Å²) in [5.41, 5.74) is 2.62. The second-order valence-electron chi connectivity index (χ2n) is 5.42. The molecule has 1 fully saturated rings. The molecule has 1 aliphatic carbocycles. The third-order valence-electron chi connectivity index (χ3n) is 4.35. The van der Waals surface area contributed by atoms with E-state index in [4.69, 9.17) is 23.2 Å². The van der Waals surface area contributed by atoms with Gasteiger partial charge in [-0.2, -0.15) is 0 Å². The van der Waals surface area contributed by atoms with E-state index in [0.717, 1.165) is 23.2 Å². The Labute approximate surface area is 126 Å². The summed E-state index contributed by atoms with van der Waals surface area (Å²) in [7, 11) is 0. The SMILES string of the molecule is O=C1Nc2ccc(Cl)cc2[C@@]12C[C@@H]2c1ccc(Cl)cc1. The smallest absolute Gasteiger partial charge is 0.235 e. The van der Waals surface area contributed by atoms with E-state index in [9.17, 15) is 4.79 Å². The van der Waals surface area contributed by atoms with Crippen molar-refractivity contribution in [2.75, 3.05) is 5.32 Å². The van der Waals surface area contributed by atoms with Gasteiger partial charge in [0.05, 0.1) is 5.41 Å².